The van der Waals surface area contributed by atoms with E-state index < -0.39 is 37.5 Å². The van der Waals surface area contributed by atoms with Gasteiger partial charge in [0.25, 0.3) is 0 Å². The Morgan fingerprint density at radius 2 is 1.81 bits per heavy atom. The van der Waals surface area contributed by atoms with Gasteiger partial charge in [0, 0.05) is 51.7 Å². The normalized spacial score (nSPS) is 24.4. The lowest BCUT2D eigenvalue weighted by Crippen LogP contribution is -2.55. The van der Waals surface area contributed by atoms with E-state index >= 15 is 8.78 Å². The molecule has 2 bridgehead atoms. The van der Waals surface area contributed by atoms with Crippen LogP contribution in [0.3, 0.4) is 0 Å². The monoisotopic (exact) mass is 750 g/mol. The average Bonchev–Trinajstić information content (AvgIpc) is 3.72. The van der Waals surface area contributed by atoms with Crippen LogP contribution in [0.4, 0.5) is 23.8 Å². The molecule has 6 heterocycles. The SMILES string of the molecule is C[Si](C)(C)CCOCOc1cc(-c2nc3nc(OC[C@@]45CCCN4C[C@H](F)C5)nc(N4C[C@H]5CC[C@@H](C4)N5C(=O)O)c3cc2F)c2c(F)cccc2c1. The zero-order chi connectivity index (χ0) is 37.1. The predicted octanol–water partition coefficient (Wildman–Crippen LogP) is 7.10. The van der Waals surface area contributed by atoms with Gasteiger partial charge in [-0.05, 0) is 67.9 Å². The second-order valence-electron chi connectivity index (χ2n) is 16.2. The number of piperazine rings is 1. The van der Waals surface area contributed by atoms with Gasteiger partial charge in [0.05, 0.1) is 23.0 Å². The number of ether oxygens (including phenoxy) is 3. The van der Waals surface area contributed by atoms with Gasteiger partial charge in [0.15, 0.2) is 12.4 Å². The summed E-state index contributed by atoms with van der Waals surface area (Å²) in [7, 11) is -1.30. The largest absolute Gasteiger partial charge is 0.468 e. The molecule has 11 nitrogen and oxygen atoms in total. The van der Waals surface area contributed by atoms with Crippen LogP contribution < -0.4 is 14.4 Å². The van der Waals surface area contributed by atoms with E-state index in [0.717, 1.165) is 25.4 Å². The molecular formula is C38H45F3N6O5Si. The Balaban J connectivity index is 1.18. The number of carbonyl (C=O) groups is 1. The molecule has 8 rings (SSSR count). The number of alkyl halides is 1. The van der Waals surface area contributed by atoms with E-state index in [0.29, 0.717) is 67.8 Å². The third kappa shape index (κ3) is 6.98. The van der Waals surface area contributed by atoms with Crippen molar-refractivity contribution in [1.29, 1.82) is 0 Å². The summed E-state index contributed by atoms with van der Waals surface area (Å²) in [5.74, 6) is -0.505. The van der Waals surface area contributed by atoms with Crippen LogP contribution in [0.15, 0.2) is 36.4 Å². The minimum absolute atomic E-state index is 0.0118. The van der Waals surface area contributed by atoms with E-state index in [4.69, 9.17) is 24.2 Å². The van der Waals surface area contributed by atoms with E-state index in [1.807, 2.05) is 4.90 Å². The molecule has 53 heavy (non-hydrogen) atoms. The summed E-state index contributed by atoms with van der Waals surface area (Å²) in [5, 5.41) is 10.9. The Kier molecular flexibility index (Phi) is 9.38. The van der Waals surface area contributed by atoms with Gasteiger partial charge >= 0.3 is 12.1 Å². The Morgan fingerprint density at radius 3 is 2.57 bits per heavy atom. The first-order valence-electron chi connectivity index (χ1n) is 18.5. The highest BCUT2D eigenvalue weighted by molar-refractivity contribution is 6.76. The molecule has 1 amide bonds. The van der Waals surface area contributed by atoms with Crippen LogP contribution in [0.2, 0.25) is 25.7 Å². The molecule has 4 aromatic rings. The summed E-state index contributed by atoms with van der Waals surface area (Å²) < 4.78 is 64.6. The van der Waals surface area contributed by atoms with Crippen LogP contribution in [0.25, 0.3) is 33.1 Å². The Hall–Kier alpha value is -4.21. The van der Waals surface area contributed by atoms with Gasteiger partial charge in [-0.1, -0.05) is 31.8 Å². The molecule has 15 heteroatoms. The molecule has 0 aliphatic carbocycles. The number of hydrogen-bond donors (Lipinski definition) is 1. The van der Waals surface area contributed by atoms with Crippen LogP contribution in [-0.2, 0) is 4.74 Å². The number of fused-ring (bicyclic) bond motifs is 5. The molecule has 4 aliphatic heterocycles. The van der Waals surface area contributed by atoms with Crippen LogP contribution in [-0.4, -0.2) is 114 Å². The highest BCUT2D eigenvalue weighted by Gasteiger charge is 2.49. The fourth-order valence-corrected chi connectivity index (χ4v) is 9.45. The summed E-state index contributed by atoms with van der Waals surface area (Å²) in [6.45, 7) is 9.38. The van der Waals surface area contributed by atoms with Crippen molar-refractivity contribution in [2.75, 3.05) is 51.1 Å². The molecule has 0 spiro atoms. The summed E-state index contributed by atoms with van der Waals surface area (Å²) >= 11 is 0. The highest BCUT2D eigenvalue weighted by atomic mass is 28.3. The van der Waals surface area contributed by atoms with Crippen molar-refractivity contribution in [2.24, 2.45) is 0 Å². The minimum Gasteiger partial charge on any atom is -0.468 e. The molecule has 4 atom stereocenters. The Bertz CT molecular complexity index is 2040. The maximum atomic E-state index is 16.5. The maximum Gasteiger partial charge on any atom is 0.407 e. The van der Waals surface area contributed by atoms with Gasteiger partial charge in [0.1, 0.15) is 41.7 Å². The van der Waals surface area contributed by atoms with Crippen molar-refractivity contribution in [3.63, 3.8) is 0 Å². The minimum atomic E-state index is -1.30. The number of aromatic nitrogens is 3. The van der Waals surface area contributed by atoms with Crippen molar-refractivity contribution in [2.45, 2.75) is 81.6 Å². The summed E-state index contributed by atoms with van der Waals surface area (Å²) in [6.07, 6.45) is 1.62. The van der Waals surface area contributed by atoms with E-state index in [1.54, 1.807) is 24.3 Å². The van der Waals surface area contributed by atoms with Crippen molar-refractivity contribution in [1.82, 2.24) is 24.8 Å². The van der Waals surface area contributed by atoms with Crippen molar-refractivity contribution >= 4 is 41.8 Å². The maximum absolute atomic E-state index is 16.5. The lowest BCUT2D eigenvalue weighted by atomic mass is 9.95. The molecule has 0 radical (unpaired) electrons. The number of carboxylic acid groups (broad SMARTS) is 1. The molecule has 1 N–H and O–H groups in total. The van der Waals surface area contributed by atoms with Gasteiger partial charge in [-0.15, -0.1) is 0 Å². The standard InChI is InChI=1S/C38H45F3N6O5Si/c1-53(2,3)13-12-50-22-52-27-14-23-6-4-7-30(40)32(23)28(15-27)33-31(41)16-29-34(42-33)43-36(51-21-38-10-5-11-46(38)18-24(39)17-38)44-35(29)45-19-25-8-9-26(20-45)47(25)37(48)49/h4,6-7,14-16,24-26H,5,8-13,17-22H2,1-3H3,(H,48,49)/t24-,25-,26+,38+/m1/s1. The van der Waals surface area contributed by atoms with Crippen molar-refractivity contribution < 1.29 is 37.3 Å². The number of amides is 1. The van der Waals surface area contributed by atoms with Gasteiger partial charge in [-0.2, -0.15) is 9.97 Å². The molecule has 4 fully saturated rings. The number of benzene rings is 2. The Morgan fingerprint density at radius 1 is 1.02 bits per heavy atom. The predicted molar refractivity (Wildman–Crippen MR) is 197 cm³/mol. The summed E-state index contributed by atoms with van der Waals surface area (Å²) in [5.41, 5.74) is -0.259. The highest BCUT2D eigenvalue weighted by Crippen LogP contribution is 2.42. The van der Waals surface area contributed by atoms with E-state index in [1.165, 1.54) is 17.0 Å². The van der Waals surface area contributed by atoms with Gasteiger partial charge < -0.3 is 24.2 Å². The number of rotatable bonds is 11. The lowest BCUT2D eigenvalue weighted by molar-refractivity contribution is 0.0221. The van der Waals surface area contributed by atoms with Gasteiger partial charge in [0.2, 0.25) is 0 Å². The van der Waals surface area contributed by atoms with Crippen LogP contribution in [0.1, 0.15) is 32.1 Å². The molecule has 4 saturated heterocycles. The number of halogens is 3. The fraction of sp³-hybridized carbons (Fsp3) is 0.526. The third-order valence-electron chi connectivity index (χ3n) is 11.3. The first-order chi connectivity index (χ1) is 25.4. The zero-order valence-electron chi connectivity index (χ0n) is 30.3. The molecule has 2 aromatic heterocycles. The second-order valence-corrected chi connectivity index (χ2v) is 21.8. The zero-order valence-corrected chi connectivity index (χ0v) is 31.3. The van der Waals surface area contributed by atoms with Crippen LogP contribution >= 0.6 is 0 Å². The number of pyridine rings is 1. The van der Waals surface area contributed by atoms with Crippen molar-refractivity contribution in [3.8, 4) is 23.0 Å². The first kappa shape index (κ1) is 35.8. The van der Waals surface area contributed by atoms with Crippen LogP contribution in [0.5, 0.6) is 11.8 Å². The van der Waals surface area contributed by atoms with E-state index in [-0.39, 0.29) is 53.8 Å². The van der Waals surface area contributed by atoms with Crippen molar-refractivity contribution in [3.05, 3.63) is 48.0 Å². The summed E-state index contributed by atoms with van der Waals surface area (Å²) in [6, 6.07) is 9.68. The molecule has 282 valence electrons. The third-order valence-corrected chi connectivity index (χ3v) is 13.0. The average molecular weight is 751 g/mol. The molecular weight excluding hydrogens is 706 g/mol. The van der Waals surface area contributed by atoms with Crippen LogP contribution in [0, 0.1) is 11.6 Å². The quantitative estimate of drug-likeness (QED) is 0.0968. The fourth-order valence-electron chi connectivity index (χ4n) is 8.70. The molecule has 2 aromatic carbocycles. The topological polar surface area (TPSA) is 113 Å². The molecule has 4 aliphatic rings. The second kappa shape index (κ2) is 13.9. The number of hydrogen-bond acceptors (Lipinski definition) is 9. The molecule has 0 saturated carbocycles. The van der Waals surface area contributed by atoms with E-state index in [2.05, 4.69) is 29.5 Å². The number of anilines is 1. The van der Waals surface area contributed by atoms with Gasteiger partial charge in [-0.25, -0.2) is 22.9 Å². The molecule has 0 unspecified atom stereocenters. The smallest absolute Gasteiger partial charge is 0.407 e. The number of nitrogens with zero attached hydrogens (tertiary/aromatic N) is 6. The van der Waals surface area contributed by atoms with Gasteiger partial charge in [-0.3, -0.25) is 9.80 Å². The first-order valence-corrected chi connectivity index (χ1v) is 22.2. The lowest BCUT2D eigenvalue weighted by Gasteiger charge is -2.40. The summed E-state index contributed by atoms with van der Waals surface area (Å²) in [4.78, 5) is 31.8. The Labute approximate surface area is 307 Å². The van der Waals surface area contributed by atoms with E-state index in [9.17, 15) is 14.3 Å².